The van der Waals surface area contributed by atoms with Crippen LogP contribution in [0.25, 0.3) is 11.3 Å². The summed E-state index contributed by atoms with van der Waals surface area (Å²) in [7, 11) is 0. The summed E-state index contributed by atoms with van der Waals surface area (Å²) in [6.07, 6.45) is 1.44. The fraction of sp³-hybridized carbons (Fsp3) is 0.174. The highest BCUT2D eigenvalue weighted by atomic mass is 35.5. The SMILES string of the molecule is CCOC(=O)c1ccc(-c2ccc(/C=N/NC(=O)CSCc3ccccc3Cl)o2)cc1. The maximum atomic E-state index is 11.9. The van der Waals surface area contributed by atoms with E-state index in [0.717, 1.165) is 11.1 Å². The first-order valence-electron chi connectivity index (χ1n) is 9.57. The molecular weight excluding hydrogens is 436 g/mol. The van der Waals surface area contributed by atoms with E-state index in [-0.39, 0.29) is 17.6 Å². The number of nitrogens with one attached hydrogen (secondary N) is 1. The minimum Gasteiger partial charge on any atom is -0.462 e. The topological polar surface area (TPSA) is 80.9 Å². The third kappa shape index (κ3) is 6.73. The molecule has 6 nitrogen and oxygen atoms in total. The van der Waals surface area contributed by atoms with Gasteiger partial charge in [-0.1, -0.05) is 41.9 Å². The zero-order valence-electron chi connectivity index (χ0n) is 16.8. The Morgan fingerprint density at radius 1 is 1.13 bits per heavy atom. The van der Waals surface area contributed by atoms with Gasteiger partial charge >= 0.3 is 5.97 Å². The van der Waals surface area contributed by atoms with Gasteiger partial charge in [0.1, 0.15) is 11.5 Å². The molecule has 31 heavy (non-hydrogen) atoms. The van der Waals surface area contributed by atoms with E-state index in [9.17, 15) is 9.59 Å². The van der Waals surface area contributed by atoms with Crippen molar-refractivity contribution in [3.63, 3.8) is 0 Å². The van der Waals surface area contributed by atoms with E-state index in [0.29, 0.717) is 34.5 Å². The van der Waals surface area contributed by atoms with E-state index < -0.39 is 0 Å². The van der Waals surface area contributed by atoms with Crippen LogP contribution in [0.3, 0.4) is 0 Å². The number of nitrogens with zero attached hydrogens (tertiary/aromatic N) is 1. The van der Waals surface area contributed by atoms with Crippen molar-refractivity contribution < 1.29 is 18.7 Å². The maximum Gasteiger partial charge on any atom is 0.338 e. The summed E-state index contributed by atoms with van der Waals surface area (Å²) in [6.45, 7) is 2.10. The van der Waals surface area contributed by atoms with Crippen molar-refractivity contribution in [1.82, 2.24) is 5.43 Å². The summed E-state index contributed by atoms with van der Waals surface area (Å²) in [5.41, 5.74) is 4.76. The molecule has 0 aliphatic heterocycles. The minimum absolute atomic E-state index is 0.213. The molecule has 0 fully saturated rings. The first-order valence-corrected chi connectivity index (χ1v) is 11.1. The molecular formula is C23H21ClN2O4S. The average molecular weight is 457 g/mol. The Kier molecular flexibility index (Phi) is 8.32. The molecule has 0 aliphatic carbocycles. The van der Waals surface area contributed by atoms with E-state index in [2.05, 4.69) is 10.5 Å². The molecule has 0 unspecified atom stereocenters. The van der Waals surface area contributed by atoms with E-state index >= 15 is 0 Å². The van der Waals surface area contributed by atoms with Crippen molar-refractivity contribution in [3.05, 3.63) is 82.6 Å². The zero-order chi connectivity index (χ0) is 22.1. The largest absolute Gasteiger partial charge is 0.462 e. The lowest BCUT2D eigenvalue weighted by atomic mass is 10.1. The Bertz CT molecular complexity index is 1060. The highest BCUT2D eigenvalue weighted by Gasteiger charge is 2.08. The Morgan fingerprint density at radius 3 is 2.65 bits per heavy atom. The monoisotopic (exact) mass is 456 g/mol. The quantitative estimate of drug-likeness (QED) is 0.273. The molecule has 1 aromatic heterocycles. The van der Waals surface area contributed by atoms with Gasteiger partial charge in [0.2, 0.25) is 5.91 Å². The van der Waals surface area contributed by atoms with Crippen LogP contribution in [0.5, 0.6) is 0 Å². The van der Waals surface area contributed by atoms with Crippen molar-refractivity contribution in [3.8, 4) is 11.3 Å². The van der Waals surface area contributed by atoms with Gasteiger partial charge in [0.15, 0.2) is 0 Å². The number of esters is 1. The molecule has 2 aromatic carbocycles. The maximum absolute atomic E-state index is 11.9. The molecule has 1 amide bonds. The van der Waals surface area contributed by atoms with E-state index in [1.807, 2.05) is 24.3 Å². The van der Waals surface area contributed by atoms with E-state index in [1.165, 1.54) is 18.0 Å². The lowest BCUT2D eigenvalue weighted by Gasteiger charge is -2.03. The van der Waals surface area contributed by atoms with Crippen LogP contribution >= 0.6 is 23.4 Å². The number of carbonyl (C=O) groups excluding carboxylic acids is 2. The predicted octanol–water partition coefficient (Wildman–Crippen LogP) is 5.16. The normalized spacial score (nSPS) is 10.9. The summed E-state index contributed by atoms with van der Waals surface area (Å²) in [4.78, 5) is 23.6. The zero-order valence-corrected chi connectivity index (χ0v) is 18.4. The molecule has 3 rings (SSSR count). The van der Waals surface area contributed by atoms with Crippen LogP contribution in [-0.2, 0) is 15.3 Å². The standard InChI is InChI=1S/C23H21ClN2O4S/c1-2-29-23(28)17-9-7-16(8-10-17)21-12-11-19(30-21)13-25-26-22(27)15-31-14-18-5-3-4-6-20(18)24/h3-13H,2,14-15H2,1H3,(H,26,27)/b25-13+. The highest BCUT2D eigenvalue weighted by Crippen LogP contribution is 2.22. The lowest BCUT2D eigenvalue weighted by Crippen LogP contribution is -2.19. The number of rotatable bonds is 9. The summed E-state index contributed by atoms with van der Waals surface area (Å²) >= 11 is 7.56. The highest BCUT2D eigenvalue weighted by molar-refractivity contribution is 7.99. The van der Waals surface area contributed by atoms with Crippen LogP contribution in [0.4, 0.5) is 0 Å². The van der Waals surface area contributed by atoms with Crippen molar-refractivity contribution >= 4 is 41.5 Å². The fourth-order valence-electron chi connectivity index (χ4n) is 2.63. The van der Waals surface area contributed by atoms with Gasteiger partial charge in [-0.25, -0.2) is 10.2 Å². The van der Waals surface area contributed by atoms with Crippen LogP contribution < -0.4 is 5.43 Å². The summed E-state index contributed by atoms with van der Waals surface area (Å²) < 4.78 is 10.7. The van der Waals surface area contributed by atoms with Gasteiger partial charge in [-0.05, 0) is 42.8 Å². The van der Waals surface area contributed by atoms with Crippen LogP contribution in [0.2, 0.25) is 5.02 Å². The molecule has 1 heterocycles. The number of benzene rings is 2. The number of hydrazone groups is 1. The van der Waals surface area contributed by atoms with Crippen molar-refractivity contribution in [2.24, 2.45) is 5.10 Å². The molecule has 0 spiro atoms. The molecule has 3 aromatic rings. The first kappa shape index (κ1) is 22.7. The second-order valence-electron chi connectivity index (χ2n) is 6.38. The molecule has 0 atom stereocenters. The molecule has 1 N–H and O–H groups in total. The number of thioether (sulfide) groups is 1. The second kappa shape index (κ2) is 11.4. The number of halogens is 1. The van der Waals surface area contributed by atoms with E-state index in [4.69, 9.17) is 20.8 Å². The molecule has 0 radical (unpaired) electrons. The fourth-order valence-corrected chi connectivity index (χ4v) is 3.74. The van der Waals surface area contributed by atoms with E-state index in [1.54, 1.807) is 43.3 Å². The van der Waals surface area contributed by atoms with Crippen molar-refractivity contribution in [2.75, 3.05) is 12.4 Å². The van der Waals surface area contributed by atoms with Crippen molar-refractivity contribution in [1.29, 1.82) is 0 Å². The molecule has 0 saturated heterocycles. The average Bonchev–Trinajstić information content (AvgIpc) is 3.24. The second-order valence-corrected chi connectivity index (χ2v) is 7.77. The third-order valence-electron chi connectivity index (χ3n) is 4.14. The molecule has 0 bridgehead atoms. The summed E-state index contributed by atoms with van der Waals surface area (Å²) in [5.74, 6) is 1.45. The molecule has 160 valence electrons. The smallest absolute Gasteiger partial charge is 0.338 e. The number of hydrogen-bond acceptors (Lipinski definition) is 6. The Balaban J connectivity index is 1.47. The van der Waals surface area contributed by atoms with Gasteiger partial charge in [-0.3, -0.25) is 4.79 Å². The van der Waals surface area contributed by atoms with Crippen LogP contribution in [-0.4, -0.2) is 30.5 Å². The Morgan fingerprint density at radius 2 is 1.90 bits per heavy atom. The van der Waals surface area contributed by atoms with Gasteiger partial charge in [0, 0.05) is 16.3 Å². The third-order valence-corrected chi connectivity index (χ3v) is 5.49. The van der Waals surface area contributed by atoms with Crippen LogP contribution in [0.15, 0.2) is 70.2 Å². The predicted molar refractivity (Wildman–Crippen MR) is 123 cm³/mol. The number of amides is 1. The van der Waals surface area contributed by atoms with Gasteiger partial charge in [-0.15, -0.1) is 11.8 Å². The first-order chi connectivity index (χ1) is 15.1. The molecule has 0 saturated carbocycles. The molecule has 8 heteroatoms. The van der Waals surface area contributed by atoms with Gasteiger partial charge in [-0.2, -0.15) is 5.10 Å². The number of carbonyl (C=O) groups is 2. The van der Waals surface area contributed by atoms with Crippen LogP contribution in [0.1, 0.15) is 28.6 Å². The van der Waals surface area contributed by atoms with Gasteiger partial charge < -0.3 is 9.15 Å². The Labute approximate surface area is 189 Å². The number of furan rings is 1. The Hall–Kier alpha value is -3.03. The van der Waals surface area contributed by atoms with Crippen molar-refractivity contribution in [2.45, 2.75) is 12.7 Å². The number of ether oxygens (including phenoxy) is 1. The molecule has 0 aliphatic rings. The van der Waals surface area contributed by atoms with Gasteiger partial charge in [0.25, 0.3) is 0 Å². The summed E-state index contributed by atoms with van der Waals surface area (Å²) in [6, 6.07) is 18.0. The minimum atomic E-state index is -0.359. The summed E-state index contributed by atoms with van der Waals surface area (Å²) in [5, 5.41) is 4.62. The lowest BCUT2D eigenvalue weighted by molar-refractivity contribution is -0.118. The van der Waals surface area contributed by atoms with Gasteiger partial charge in [0.05, 0.1) is 24.1 Å². The number of hydrogen-bond donors (Lipinski definition) is 1. The van der Waals surface area contributed by atoms with Crippen LogP contribution in [0, 0.1) is 0 Å².